The summed E-state index contributed by atoms with van der Waals surface area (Å²) >= 11 is 0. The van der Waals surface area contributed by atoms with Crippen LogP contribution in [0.15, 0.2) is 48.8 Å². The molecule has 0 bridgehead atoms. The molecule has 5 rings (SSSR count). The van der Waals surface area contributed by atoms with Crippen LogP contribution in [0.1, 0.15) is 55.7 Å². The van der Waals surface area contributed by atoms with Gasteiger partial charge in [0.05, 0.1) is 13.0 Å². The predicted molar refractivity (Wildman–Crippen MR) is 126 cm³/mol. The molecule has 2 aromatic carbocycles. The Morgan fingerprint density at radius 1 is 1.18 bits per heavy atom. The van der Waals surface area contributed by atoms with E-state index in [4.69, 9.17) is 14.6 Å². The largest absolute Gasteiger partial charge is 0.497 e. The summed E-state index contributed by atoms with van der Waals surface area (Å²) in [6, 6.07) is 10.4. The van der Waals surface area contributed by atoms with Crippen molar-refractivity contribution in [3.8, 4) is 22.6 Å². The lowest BCUT2D eigenvalue weighted by Gasteiger charge is -2.25. The van der Waals surface area contributed by atoms with E-state index in [1.165, 1.54) is 32.4 Å². The van der Waals surface area contributed by atoms with Crippen molar-refractivity contribution >= 4 is 5.97 Å². The van der Waals surface area contributed by atoms with E-state index in [2.05, 4.69) is 9.97 Å². The first kappa shape index (κ1) is 23.7. The van der Waals surface area contributed by atoms with Crippen molar-refractivity contribution in [1.82, 2.24) is 9.97 Å². The molecule has 1 N–H and O–H groups in total. The third-order valence-corrected chi connectivity index (χ3v) is 5.84. The van der Waals surface area contributed by atoms with E-state index in [-0.39, 0.29) is 11.9 Å². The monoisotopic (exact) mass is 464 g/mol. The van der Waals surface area contributed by atoms with E-state index in [9.17, 15) is 9.18 Å². The van der Waals surface area contributed by atoms with Crippen molar-refractivity contribution in [3.05, 3.63) is 71.6 Å². The zero-order valence-corrected chi connectivity index (χ0v) is 19.5. The van der Waals surface area contributed by atoms with Crippen molar-refractivity contribution < 1.29 is 23.8 Å². The average Bonchev–Trinajstić information content (AvgIpc) is 3.74. The van der Waals surface area contributed by atoms with Crippen molar-refractivity contribution in [2.24, 2.45) is 5.92 Å². The minimum absolute atomic E-state index is 0.316. The van der Waals surface area contributed by atoms with Crippen LogP contribution in [0.3, 0.4) is 0 Å². The van der Waals surface area contributed by atoms with Crippen molar-refractivity contribution in [1.29, 1.82) is 0 Å². The second-order valence-electron chi connectivity index (χ2n) is 8.77. The Morgan fingerprint density at radius 2 is 1.91 bits per heavy atom. The molecule has 1 aliphatic heterocycles. The fourth-order valence-electron chi connectivity index (χ4n) is 3.66. The van der Waals surface area contributed by atoms with Crippen LogP contribution >= 0.6 is 0 Å². The van der Waals surface area contributed by atoms with Crippen LogP contribution in [0.5, 0.6) is 11.5 Å². The fraction of sp³-hybridized carbons (Fsp3) is 0.370. The standard InChI is InChI=1S/C24H23FN2O4.C3H6/c1-14(24(28)29)9-15-3-4-16-5-8-21(31-22(16)10-15)23-26-12-17(13-27-23)19-11-18(30-2)6-7-20(19)25;1-2-3-1/h3-4,6-7,10-14,21H,5,8-9H2,1-2H3,(H,28,29);1-3H2. The van der Waals surface area contributed by atoms with Crippen LogP contribution < -0.4 is 9.47 Å². The lowest BCUT2D eigenvalue weighted by molar-refractivity contribution is -0.141. The van der Waals surface area contributed by atoms with Crippen LogP contribution in [-0.2, 0) is 17.6 Å². The number of hydrogen-bond acceptors (Lipinski definition) is 5. The highest BCUT2D eigenvalue weighted by Crippen LogP contribution is 2.35. The van der Waals surface area contributed by atoms with Gasteiger partial charge in [0.1, 0.15) is 17.3 Å². The van der Waals surface area contributed by atoms with Crippen molar-refractivity contribution in [2.75, 3.05) is 7.11 Å². The minimum Gasteiger partial charge on any atom is -0.497 e. The highest BCUT2D eigenvalue weighted by Gasteiger charge is 2.24. The van der Waals surface area contributed by atoms with E-state index >= 15 is 0 Å². The first-order valence-electron chi connectivity index (χ1n) is 11.6. The molecule has 178 valence electrons. The number of nitrogens with zero attached hydrogens (tertiary/aromatic N) is 2. The number of carbonyl (C=O) groups is 1. The minimum atomic E-state index is -0.822. The third-order valence-electron chi connectivity index (χ3n) is 5.84. The molecule has 3 aromatic rings. The molecular weight excluding hydrogens is 435 g/mol. The number of rotatable bonds is 6. The first-order chi connectivity index (χ1) is 16.4. The average molecular weight is 465 g/mol. The summed E-state index contributed by atoms with van der Waals surface area (Å²) in [7, 11) is 1.53. The second kappa shape index (κ2) is 10.6. The molecule has 0 saturated heterocycles. The van der Waals surface area contributed by atoms with E-state index in [0.29, 0.717) is 29.1 Å². The number of carboxylic acid groups (broad SMARTS) is 1. The Hall–Kier alpha value is -3.48. The van der Waals surface area contributed by atoms with Crippen molar-refractivity contribution in [3.63, 3.8) is 0 Å². The number of aromatic nitrogens is 2. The number of aliphatic carboxylic acids is 1. The first-order valence-corrected chi connectivity index (χ1v) is 11.6. The predicted octanol–water partition coefficient (Wildman–Crippen LogP) is 5.79. The van der Waals surface area contributed by atoms with Gasteiger partial charge in [-0.1, -0.05) is 38.3 Å². The van der Waals surface area contributed by atoms with Crippen molar-refractivity contribution in [2.45, 2.75) is 51.6 Å². The molecule has 0 radical (unpaired) electrons. The van der Waals surface area contributed by atoms with Gasteiger partial charge in [0.2, 0.25) is 0 Å². The summed E-state index contributed by atoms with van der Waals surface area (Å²) in [6.45, 7) is 1.69. The molecule has 2 heterocycles. The Balaban J connectivity index is 0.000000846. The smallest absolute Gasteiger partial charge is 0.306 e. The summed E-state index contributed by atoms with van der Waals surface area (Å²) in [4.78, 5) is 20.0. The Labute approximate surface area is 198 Å². The van der Waals surface area contributed by atoms with Gasteiger partial charge in [0.15, 0.2) is 11.9 Å². The maximum atomic E-state index is 14.2. The van der Waals surface area contributed by atoms with E-state index < -0.39 is 11.9 Å². The molecule has 1 aliphatic carbocycles. The Bertz CT molecular complexity index is 1150. The van der Waals surface area contributed by atoms with E-state index in [1.807, 2.05) is 18.2 Å². The molecular formula is C27H29FN2O4. The summed E-state index contributed by atoms with van der Waals surface area (Å²) in [5, 5.41) is 9.15. The lowest BCUT2D eigenvalue weighted by atomic mass is 9.96. The number of fused-ring (bicyclic) bond motifs is 1. The number of benzene rings is 2. The highest BCUT2D eigenvalue weighted by atomic mass is 19.1. The van der Waals surface area contributed by atoms with E-state index in [0.717, 1.165) is 29.7 Å². The number of ether oxygens (including phenoxy) is 2. The number of methoxy groups -OCH3 is 1. The molecule has 2 unspecified atom stereocenters. The van der Waals surface area contributed by atoms with Gasteiger partial charge in [-0.15, -0.1) is 0 Å². The third kappa shape index (κ3) is 5.90. The zero-order valence-electron chi connectivity index (χ0n) is 19.5. The van der Waals surface area contributed by atoms with Gasteiger partial charge >= 0.3 is 5.97 Å². The Kier molecular flexibility index (Phi) is 7.40. The number of halogens is 1. The summed E-state index contributed by atoms with van der Waals surface area (Å²) in [5.41, 5.74) is 2.93. The molecule has 7 heteroatoms. The molecule has 0 spiro atoms. The quantitative estimate of drug-likeness (QED) is 0.497. The van der Waals surface area contributed by atoms with Gasteiger partial charge in [-0.3, -0.25) is 4.79 Å². The summed E-state index contributed by atoms with van der Waals surface area (Å²) in [5.74, 6) is 0.159. The molecule has 1 aromatic heterocycles. The summed E-state index contributed by atoms with van der Waals surface area (Å²) in [6.07, 6.45) is 9.33. The number of aryl methyl sites for hydroxylation is 1. The van der Waals surface area contributed by atoms with Crippen LogP contribution in [0.2, 0.25) is 0 Å². The van der Waals surface area contributed by atoms with Crippen LogP contribution in [0, 0.1) is 11.7 Å². The van der Waals surface area contributed by atoms with Gasteiger partial charge in [-0.2, -0.15) is 0 Å². The van der Waals surface area contributed by atoms with Gasteiger partial charge in [0.25, 0.3) is 0 Å². The molecule has 6 nitrogen and oxygen atoms in total. The van der Waals surface area contributed by atoms with Crippen LogP contribution in [-0.4, -0.2) is 28.2 Å². The maximum absolute atomic E-state index is 14.2. The second-order valence-corrected chi connectivity index (χ2v) is 8.77. The number of carboxylic acids is 1. The Morgan fingerprint density at radius 3 is 2.56 bits per heavy atom. The summed E-state index contributed by atoms with van der Waals surface area (Å²) < 4.78 is 25.5. The molecule has 1 saturated carbocycles. The molecule has 1 fully saturated rings. The highest BCUT2D eigenvalue weighted by molar-refractivity contribution is 5.70. The normalized spacial score (nSPS) is 16.9. The van der Waals surface area contributed by atoms with Gasteiger partial charge < -0.3 is 14.6 Å². The SMILES string of the molecule is C1CC1.COc1ccc(F)c(-c2cnc(C3CCc4ccc(CC(C)C(=O)O)cc4O3)nc2)c1. The molecule has 34 heavy (non-hydrogen) atoms. The van der Waals surface area contributed by atoms with Gasteiger partial charge in [-0.05, 0) is 54.7 Å². The van der Waals surface area contributed by atoms with E-state index in [1.54, 1.807) is 31.5 Å². The van der Waals surface area contributed by atoms with Crippen LogP contribution in [0.25, 0.3) is 11.1 Å². The van der Waals surface area contributed by atoms with Crippen LogP contribution in [0.4, 0.5) is 4.39 Å². The molecule has 2 aliphatic rings. The zero-order chi connectivity index (χ0) is 24.1. The van der Waals surface area contributed by atoms with Gasteiger partial charge in [0, 0.05) is 23.5 Å². The molecule has 2 atom stereocenters. The fourth-order valence-corrected chi connectivity index (χ4v) is 3.66. The lowest BCUT2D eigenvalue weighted by Crippen LogP contribution is -2.18. The number of hydrogen-bond donors (Lipinski definition) is 1. The maximum Gasteiger partial charge on any atom is 0.306 e. The van der Waals surface area contributed by atoms with Gasteiger partial charge in [-0.25, -0.2) is 14.4 Å². The topological polar surface area (TPSA) is 81.5 Å². The molecule has 0 amide bonds.